The summed E-state index contributed by atoms with van der Waals surface area (Å²) in [6, 6.07) is 4.68. The van der Waals surface area contributed by atoms with Gasteiger partial charge in [0, 0.05) is 11.1 Å². The highest BCUT2D eigenvalue weighted by atomic mass is 32.1. The van der Waals surface area contributed by atoms with Crippen molar-refractivity contribution in [2.45, 2.75) is 19.9 Å². The summed E-state index contributed by atoms with van der Waals surface area (Å²) < 4.78 is 15.8. The van der Waals surface area contributed by atoms with Gasteiger partial charge in [0.2, 0.25) is 0 Å². The number of halogens is 1. The molecule has 3 nitrogen and oxygen atoms in total. The van der Waals surface area contributed by atoms with Gasteiger partial charge in [-0.1, -0.05) is 0 Å². The third-order valence-corrected chi connectivity index (χ3v) is 4.49. The molecule has 0 spiro atoms. The summed E-state index contributed by atoms with van der Waals surface area (Å²) in [6.07, 6.45) is 0. The molecule has 0 radical (unpaired) electrons. The molecule has 0 saturated heterocycles. The normalized spacial score (nSPS) is 13.0. The molecule has 1 N–H and O–H groups in total. The minimum absolute atomic E-state index is 0.0328. The molecule has 3 rings (SSSR count). The second kappa shape index (κ2) is 4.54. The molecule has 6 heteroatoms. The van der Waals surface area contributed by atoms with Crippen molar-refractivity contribution in [2.24, 2.45) is 0 Å². The lowest BCUT2D eigenvalue weighted by molar-refractivity contribution is 0.627. The van der Waals surface area contributed by atoms with Crippen molar-refractivity contribution in [1.29, 1.82) is 0 Å². The minimum Gasteiger partial charge on any atom is -0.330 e. The maximum absolute atomic E-state index is 13.2. The molecular weight excluding hydrogens is 281 g/mol. The van der Waals surface area contributed by atoms with E-state index in [4.69, 9.17) is 12.2 Å². The van der Waals surface area contributed by atoms with Gasteiger partial charge in [0.25, 0.3) is 0 Å². The number of rotatable bonds is 2. The second-order valence-electron chi connectivity index (χ2n) is 4.46. The van der Waals surface area contributed by atoms with Crippen molar-refractivity contribution < 1.29 is 4.39 Å². The van der Waals surface area contributed by atoms with Crippen LogP contribution in [0.1, 0.15) is 23.7 Å². The lowest BCUT2D eigenvalue weighted by atomic mass is 10.2. The van der Waals surface area contributed by atoms with Gasteiger partial charge in [0.15, 0.2) is 4.77 Å². The summed E-state index contributed by atoms with van der Waals surface area (Å²) in [4.78, 5) is 7.54. The first-order valence-corrected chi connectivity index (χ1v) is 7.17. The van der Waals surface area contributed by atoms with Crippen LogP contribution in [-0.2, 0) is 0 Å². The van der Waals surface area contributed by atoms with Crippen LogP contribution in [0, 0.1) is 17.5 Å². The second-order valence-corrected chi connectivity index (χ2v) is 5.74. The van der Waals surface area contributed by atoms with Crippen molar-refractivity contribution in [3.05, 3.63) is 44.9 Å². The summed E-state index contributed by atoms with van der Waals surface area (Å²) in [6.45, 7) is 4.02. The zero-order valence-electron chi connectivity index (χ0n) is 10.5. The molecule has 0 bridgehead atoms. The standard InChI is InChI=1S/C13H12FN3S2/c1-7-6-19-12(15-7)8(2)17-11-4-3-9(14)5-10(11)16-13(17)18/h3-6,8H,1-2H3,(H,16,18). The maximum atomic E-state index is 13.2. The van der Waals surface area contributed by atoms with Gasteiger partial charge < -0.3 is 9.55 Å². The van der Waals surface area contributed by atoms with Crippen LogP contribution in [0.4, 0.5) is 4.39 Å². The number of benzene rings is 1. The lowest BCUT2D eigenvalue weighted by Crippen LogP contribution is -2.06. The van der Waals surface area contributed by atoms with Gasteiger partial charge in [-0.2, -0.15) is 0 Å². The van der Waals surface area contributed by atoms with Crippen LogP contribution in [-0.4, -0.2) is 14.5 Å². The molecule has 1 aromatic carbocycles. The van der Waals surface area contributed by atoms with Crippen molar-refractivity contribution in [3.63, 3.8) is 0 Å². The SMILES string of the molecule is Cc1csc(C(C)n2c(=S)[nH]c3cc(F)ccc32)n1. The van der Waals surface area contributed by atoms with E-state index in [2.05, 4.69) is 9.97 Å². The number of aromatic nitrogens is 3. The third-order valence-electron chi connectivity index (χ3n) is 3.06. The zero-order chi connectivity index (χ0) is 13.6. The lowest BCUT2D eigenvalue weighted by Gasteiger charge is -2.11. The Hall–Kier alpha value is -1.53. The van der Waals surface area contributed by atoms with Crippen molar-refractivity contribution in [1.82, 2.24) is 14.5 Å². The van der Waals surface area contributed by atoms with Gasteiger partial charge in [0.05, 0.1) is 17.1 Å². The topological polar surface area (TPSA) is 33.6 Å². The summed E-state index contributed by atoms with van der Waals surface area (Å²) >= 11 is 6.95. The largest absolute Gasteiger partial charge is 0.330 e. The van der Waals surface area contributed by atoms with Crippen LogP contribution in [0.15, 0.2) is 23.6 Å². The number of aromatic amines is 1. The van der Waals surface area contributed by atoms with Crippen molar-refractivity contribution >= 4 is 34.6 Å². The molecule has 2 heterocycles. The molecule has 0 aliphatic heterocycles. The summed E-state index contributed by atoms with van der Waals surface area (Å²) in [5.41, 5.74) is 2.61. The molecule has 98 valence electrons. The average Bonchev–Trinajstić information content (AvgIpc) is 2.91. The van der Waals surface area contributed by atoms with E-state index in [1.165, 1.54) is 12.1 Å². The van der Waals surface area contributed by atoms with Gasteiger partial charge in [-0.3, -0.25) is 0 Å². The minimum atomic E-state index is -0.270. The number of hydrogen-bond acceptors (Lipinski definition) is 3. The Labute approximate surface area is 118 Å². The first-order valence-electron chi connectivity index (χ1n) is 5.88. The van der Waals surface area contributed by atoms with Crippen LogP contribution in [0.25, 0.3) is 11.0 Å². The Balaban J connectivity index is 2.19. The number of nitrogens with zero attached hydrogens (tertiary/aromatic N) is 2. The van der Waals surface area contributed by atoms with E-state index in [1.807, 2.05) is 23.8 Å². The number of aryl methyl sites for hydroxylation is 1. The molecule has 1 unspecified atom stereocenters. The summed E-state index contributed by atoms with van der Waals surface area (Å²) in [5.74, 6) is -0.270. The average molecular weight is 293 g/mol. The van der Waals surface area contributed by atoms with E-state index in [9.17, 15) is 4.39 Å². The maximum Gasteiger partial charge on any atom is 0.178 e. The van der Waals surface area contributed by atoms with Gasteiger partial charge in [-0.15, -0.1) is 11.3 Å². The molecule has 0 fully saturated rings. The number of hydrogen-bond donors (Lipinski definition) is 1. The van der Waals surface area contributed by atoms with Gasteiger partial charge in [0.1, 0.15) is 10.8 Å². The van der Waals surface area contributed by atoms with Crippen LogP contribution in [0.5, 0.6) is 0 Å². The van der Waals surface area contributed by atoms with E-state index in [0.29, 0.717) is 10.3 Å². The van der Waals surface area contributed by atoms with Crippen LogP contribution < -0.4 is 0 Å². The number of imidazole rings is 1. The predicted molar refractivity (Wildman–Crippen MR) is 77.7 cm³/mol. The number of fused-ring (bicyclic) bond motifs is 1. The number of H-pyrrole nitrogens is 1. The Bertz CT molecular complexity index is 800. The molecule has 0 aliphatic carbocycles. The van der Waals surface area contributed by atoms with Crippen LogP contribution in [0.2, 0.25) is 0 Å². The number of nitrogens with one attached hydrogen (secondary N) is 1. The molecule has 0 amide bonds. The van der Waals surface area contributed by atoms with E-state index < -0.39 is 0 Å². The summed E-state index contributed by atoms with van der Waals surface area (Å²) in [7, 11) is 0. The Kier molecular flexibility index (Phi) is 2.99. The highest BCUT2D eigenvalue weighted by Crippen LogP contribution is 2.26. The third kappa shape index (κ3) is 2.11. The Morgan fingerprint density at radius 2 is 2.26 bits per heavy atom. The van der Waals surface area contributed by atoms with Gasteiger partial charge in [-0.25, -0.2) is 9.37 Å². The Morgan fingerprint density at radius 1 is 1.47 bits per heavy atom. The number of thiazole rings is 1. The Morgan fingerprint density at radius 3 is 2.95 bits per heavy atom. The first kappa shape index (κ1) is 12.5. The van der Waals surface area contributed by atoms with Crippen LogP contribution >= 0.6 is 23.6 Å². The fraction of sp³-hybridized carbons (Fsp3) is 0.231. The molecule has 19 heavy (non-hydrogen) atoms. The molecular formula is C13H12FN3S2. The van der Waals surface area contributed by atoms with Gasteiger partial charge >= 0.3 is 0 Å². The highest BCUT2D eigenvalue weighted by molar-refractivity contribution is 7.71. The molecule has 2 aromatic heterocycles. The molecule has 0 saturated carbocycles. The molecule has 3 aromatic rings. The quantitative estimate of drug-likeness (QED) is 0.718. The molecule has 0 aliphatic rings. The van der Waals surface area contributed by atoms with E-state index in [1.54, 1.807) is 17.4 Å². The first-order chi connectivity index (χ1) is 9.06. The fourth-order valence-corrected chi connectivity index (χ4v) is 3.37. The molecule has 1 atom stereocenters. The van der Waals surface area contributed by atoms with Crippen molar-refractivity contribution in [3.8, 4) is 0 Å². The van der Waals surface area contributed by atoms with Crippen LogP contribution in [0.3, 0.4) is 0 Å². The van der Waals surface area contributed by atoms with Gasteiger partial charge in [-0.05, 0) is 44.3 Å². The highest BCUT2D eigenvalue weighted by Gasteiger charge is 2.16. The zero-order valence-corrected chi connectivity index (χ0v) is 12.1. The monoisotopic (exact) mass is 293 g/mol. The predicted octanol–water partition coefficient (Wildman–Crippen LogP) is 4.21. The van der Waals surface area contributed by atoms with E-state index >= 15 is 0 Å². The van der Waals surface area contributed by atoms with E-state index in [0.717, 1.165) is 16.2 Å². The fourth-order valence-electron chi connectivity index (χ4n) is 2.16. The summed E-state index contributed by atoms with van der Waals surface area (Å²) in [5, 5.41) is 3.02. The van der Waals surface area contributed by atoms with Crippen molar-refractivity contribution in [2.75, 3.05) is 0 Å². The van der Waals surface area contributed by atoms with E-state index in [-0.39, 0.29) is 11.9 Å². The smallest absolute Gasteiger partial charge is 0.178 e.